The van der Waals surface area contributed by atoms with Gasteiger partial charge >= 0.3 is 0 Å². The Hall–Kier alpha value is -0.870. The molecule has 1 saturated heterocycles. The first-order chi connectivity index (χ1) is 8.27. The van der Waals surface area contributed by atoms with Gasteiger partial charge in [0, 0.05) is 30.9 Å². The van der Waals surface area contributed by atoms with Gasteiger partial charge in [-0.05, 0) is 33.2 Å². The van der Waals surface area contributed by atoms with Crippen LogP contribution in [0.1, 0.15) is 38.3 Å². The molecule has 1 unspecified atom stereocenters. The standard InChI is InChI=1S/C13H23N3O/c1-11(2)17-7-6-16-10-15-9-13(16)12-4-3-5-14-8-12/h9-12,14H,3-8H2,1-2H3. The number of ether oxygens (including phenoxy) is 1. The third kappa shape index (κ3) is 3.54. The van der Waals surface area contributed by atoms with Gasteiger partial charge in [0.15, 0.2) is 0 Å². The molecule has 4 heteroatoms. The van der Waals surface area contributed by atoms with Crippen molar-refractivity contribution in [3.05, 3.63) is 18.2 Å². The van der Waals surface area contributed by atoms with Crippen molar-refractivity contribution in [3.63, 3.8) is 0 Å². The Bertz CT molecular complexity index is 329. The van der Waals surface area contributed by atoms with Crippen molar-refractivity contribution in [1.29, 1.82) is 0 Å². The summed E-state index contributed by atoms with van der Waals surface area (Å²) in [6.45, 7) is 8.04. The van der Waals surface area contributed by atoms with Crippen LogP contribution < -0.4 is 5.32 Å². The molecule has 1 aliphatic heterocycles. The molecule has 0 saturated carbocycles. The summed E-state index contributed by atoms with van der Waals surface area (Å²) in [6, 6.07) is 0. The first-order valence-corrected chi connectivity index (χ1v) is 6.59. The lowest BCUT2D eigenvalue weighted by molar-refractivity contribution is 0.0721. The van der Waals surface area contributed by atoms with Crippen LogP contribution in [0.25, 0.3) is 0 Å². The molecule has 0 aromatic carbocycles. The Balaban J connectivity index is 1.91. The predicted octanol–water partition coefficient (Wildman–Crippen LogP) is 1.78. The lowest BCUT2D eigenvalue weighted by Gasteiger charge is -2.23. The van der Waals surface area contributed by atoms with Gasteiger partial charge in [-0.25, -0.2) is 4.98 Å². The fraction of sp³-hybridized carbons (Fsp3) is 0.769. The molecule has 1 N–H and O–H groups in total. The third-order valence-corrected chi connectivity index (χ3v) is 3.24. The Morgan fingerprint density at radius 3 is 3.18 bits per heavy atom. The summed E-state index contributed by atoms with van der Waals surface area (Å²) in [5.74, 6) is 0.616. The molecule has 2 rings (SSSR count). The second kappa shape index (κ2) is 6.17. The zero-order valence-electron chi connectivity index (χ0n) is 10.9. The molecule has 0 aliphatic carbocycles. The van der Waals surface area contributed by atoms with Gasteiger partial charge in [-0.1, -0.05) is 0 Å². The molecule has 96 valence electrons. The van der Waals surface area contributed by atoms with Crippen LogP contribution in [0, 0.1) is 0 Å². The summed E-state index contributed by atoms with van der Waals surface area (Å²) in [5.41, 5.74) is 1.35. The van der Waals surface area contributed by atoms with Crippen molar-refractivity contribution >= 4 is 0 Å². The number of piperidine rings is 1. The number of nitrogens with one attached hydrogen (secondary N) is 1. The van der Waals surface area contributed by atoms with Gasteiger partial charge in [0.1, 0.15) is 0 Å². The molecule has 17 heavy (non-hydrogen) atoms. The van der Waals surface area contributed by atoms with Gasteiger partial charge in [-0.3, -0.25) is 0 Å². The van der Waals surface area contributed by atoms with E-state index in [9.17, 15) is 0 Å². The quantitative estimate of drug-likeness (QED) is 0.848. The summed E-state index contributed by atoms with van der Waals surface area (Å²) >= 11 is 0. The molecular formula is C13H23N3O. The van der Waals surface area contributed by atoms with E-state index in [1.54, 1.807) is 0 Å². The lowest BCUT2D eigenvalue weighted by Crippen LogP contribution is -2.29. The van der Waals surface area contributed by atoms with Crippen molar-refractivity contribution in [1.82, 2.24) is 14.9 Å². The SMILES string of the molecule is CC(C)OCCn1cncc1C1CCCNC1. The van der Waals surface area contributed by atoms with Crippen LogP contribution >= 0.6 is 0 Å². The third-order valence-electron chi connectivity index (χ3n) is 3.24. The van der Waals surface area contributed by atoms with Gasteiger partial charge in [-0.15, -0.1) is 0 Å². The number of hydrogen-bond donors (Lipinski definition) is 1. The van der Waals surface area contributed by atoms with E-state index in [0.29, 0.717) is 12.0 Å². The van der Waals surface area contributed by atoms with Gasteiger partial charge in [0.25, 0.3) is 0 Å². The van der Waals surface area contributed by atoms with E-state index in [4.69, 9.17) is 4.74 Å². The van der Waals surface area contributed by atoms with E-state index in [1.165, 1.54) is 18.5 Å². The summed E-state index contributed by atoms with van der Waals surface area (Å²) in [7, 11) is 0. The fourth-order valence-corrected chi connectivity index (χ4v) is 2.35. The van der Waals surface area contributed by atoms with E-state index < -0.39 is 0 Å². The first-order valence-electron chi connectivity index (χ1n) is 6.59. The molecule has 1 aliphatic rings. The fourth-order valence-electron chi connectivity index (χ4n) is 2.35. The molecule has 2 heterocycles. The normalized spacial score (nSPS) is 21.0. The molecular weight excluding hydrogens is 214 g/mol. The van der Waals surface area contributed by atoms with E-state index >= 15 is 0 Å². The zero-order chi connectivity index (χ0) is 12.1. The molecule has 1 atom stereocenters. The lowest BCUT2D eigenvalue weighted by atomic mass is 9.96. The Kier molecular flexibility index (Phi) is 4.57. The minimum atomic E-state index is 0.304. The molecule has 0 amide bonds. The van der Waals surface area contributed by atoms with Gasteiger partial charge in [0.05, 0.1) is 19.0 Å². The Morgan fingerprint density at radius 1 is 1.59 bits per heavy atom. The highest BCUT2D eigenvalue weighted by atomic mass is 16.5. The maximum Gasteiger partial charge on any atom is 0.0949 e. The Labute approximate surface area is 103 Å². The largest absolute Gasteiger partial charge is 0.377 e. The van der Waals surface area contributed by atoms with Crippen LogP contribution in [0.2, 0.25) is 0 Å². The van der Waals surface area contributed by atoms with Crippen molar-refractivity contribution in [2.45, 2.75) is 45.3 Å². The first kappa shape index (κ1) is 12.6. The average molecular weight is 237 g/mol. The molecule has 0 bridgehead atoms. The maximum absolute atomic E-state index is 5.59. The van der Waals surface area contributed by atoms with Crippen molar-refractivity contribution in [3.8, 4) is 0 Å². The van der Waals surface area contributed by atoms with Crippen LogP contribution in [0.4, 0.5) is 0 Å². The summed E-state index contributed by atoms with van der Waals surface area (Å²) in [6.07, 6.45) is 6.77. The number of imidazole rings is 1. The van der Waals surface area contributed by atoms with Crippen LogP contribution in [-0.4, -0.2) is 35.4 Å². The molecule has 1 aromatic rings. The number of rotatable bonds is 5. The van der Waals surface area contributed by atoms with Crippen LogP contribution in [0.15, 0.2) is 12.5 Å². The van der Waals surface area contributed by atoms with Crippen LogP contribution in [0.5, 0.6) is 0 Å². The predicted molar refractivity (Wildman–Crippen MR) is 68.2 cm³/mol. The highest BCUT2D eigenvalue weighted by Gasteiger charge is 2.18. The van der Waals surface area contributed by atoms with E-state index in [1.807, 2.05) is 12.5 Å². The summed E-state index contributed by atoms with van der Waals surface area (Å²) in [5, 5.41) is 3.45. The molecule has 1 aromatic heterocycles. The van der Waals surface area contributed by atoms with E-state index in [-0.39, 0.29) is 0 Å². The smallest absolute Gasteiger partial charge is 0.0949 e. The summed E-state index contributed by atoms with van der Waals surface area (Å²) < 4.78 is 7.83. The van der Waals surface area contributed by atoms with Crippen molar-refractivity contribution in [2.24, 2.45) is 0 Å². The second-order valence-electron chi connectivity index (χ2n) is 4.97. The molecule has 0 spiro atoms. The number of aromatic nitrogens is 2. The van der Waals surface area contributed by atoms with Gasteiger partial charge in [0.2, 0.25) is 0 Å². The number of hydrogen-bond acceptors (Lipinski definition) is 3. The molecule has 1 fully saturated rings. The van der Waals surface area contributed by atoms with Gasteiger partial charge < -0.3 is 14.6 Å². The van der Waals surface area contributed by atoms with E-state index in [2.05, 4.69) is 28.7 Å². The zero-order valence-corrected chi connectivity index (χ0v) is 10.9. The topological polar surface area (TPSA) is 39.1 Å². The minimum absolute atomic E-state index is 0.304. The Morgan fingerprint density at radius 2 is 2.47 bits per heavy atom. The highest BCUT2D eigenvalue weighted by Crippen LogP contribution is 2.22. The second-order valence-corrected chi connectivity index (χ2v) is 4.97. The minimum Gasteiger partial charge on any atom is -0.377 e. The monoisotopic (exact) mass is 237 g/mol. The number of nitrogens with zero attached hydrogens (tertiary/aromatic N) is 2. The summed E-state index contributed by atoms with van der Waals surface area (Å²) in [4.78, 5) is 4.27. The van der Waals surface area contributed by atoms with Crippen molar-refractivity contribution < 1.29 is 4.74 Å². The molecule has 0 radical (unpaired) electrons. The highest BCUT2D eigenvalue weighted by molar-refractivity contribution is 5.08. The van der Waals surface area contributed by atoms with Crippen molar-refractivity contribution in [2.75, 3.05) is 19.7 Å². The van der Waals surface area contributed by atoms with Crippen LogP contribution in [-0.2, 0) is 11.3 Å². The van der Waals surface area contributed by atoms with E-state index in [0.717, 1.165) is 26.2 Å². The van der Waals surface area contributed by atoms with Crippen LogP contribution in [0.3, 0.4) is 0 Å². The maximum atomic E-state index is 5.59. The van der Waals surface area contributed by atoms with Gasteiger partial charge in [-0.2, -0.15) is 0 Å². The average Bonchev–Trinajstić information content (AvgIpc) is 2.78. The molecule has 4 nitrogen and oxygen atoms in total.